The Kier molecular flexibility index (Phi) is 3.77. The lowest BCUT2D eigenvalue weighted by atomic mass is 10.3. The minimum Gasteiger partial charge on any atom is -0.335 e. The molecule has 0 saturated carbocycles. The van der Waals surface area contributed by atoms with Crippen LogP contribution in [-0.2, 0) is 0 Å². The third-order valence-electron chi connectivity index (χ3n) is 2.83. The molecular formula is C12H10N6O2S2. The number of aryl methyl sites for hydroxylation is 1. The monoisotopic (exact) mass is 334 g/mol. The van der Waals surface area contributed by atoms with Crippen molar-refractivity contribution in [3.8, 4) is 10.7 Å². The van der Waals surface area contributed by atoms with E-state index in [1.165, 1.54) is 33.8 Å². The Balaban J connectivity index is 1.88. The number of hydrogen-bond acceptors (Lipinski definition) is 8. The van der Waals surface area contributed by atoms with Crippen molar-refractivity contribution < 1.29 is 4.92 Å². The molecular weight excluding hydrogens is 324 g/mol. The predicted octanol–water partition coefficient (Wildman–Crippen LogP) is 2.48. The Morgan fingerprint density at radius 2 is 2.18 bits per heavy atom. The van der Waals surface area contributed by atoms with Crippen molar-refractivity contribution in [2.45, 2.75) is 17.1 Å². The number of nitro groups is 1. The Bertz CT molecular complexity index is 830. The summed E-state index contributed by atoms with van der Waals surface area (Å²) in [4.78, 5) is 15.4. The molecule has 0 aliphatic heterocycles. The van der Waals surface area contributed by atoms with Crippen LogP contribution in [0, 0.1) is 17.0 Å². The number of hydrogen-bond donors (Lipinski definition) is 1. The average Bonchev–Trinajstić information content (AvgIpc) is 3.09. The van der Waals surface area contributed by atoms with E-state index in [4.69, 9.17) is 5.84 Å². The zero-order valence-electron chi connectivity index (χ0n) is 11.3. The number of nitrogens with zero attached hydrogens (tertiary/aromatic N) is 5. The molecule has 3 aromatic rings. The highest BCUT2D eigenvalue weighted by atomic mass is 32.2. The van der Waals surface area contributed by atoms with Crippen LogP contribution in [0.3, 0.4) is 0 Å². The maximum absolute atomic E-state index is 10.8. The molecule has 0 fully saturated rings. The minimum absolute atomic E-state index is 0.0159. The van der Waals surface area contributed by atoms with E-state index in [0.717, 1.165) is 4.88 Å². The summed E-state index contributed by atoms with van der Waals surface area (Å²) >= 11 is 2.72. The normalized spacial score (nSPS) is 10.8. The van der Waals surface area contributed by atoms with Crippen molar-refractivity contribution in [3.63, 3.8) is 0 Å². The molecule has 0 radical (unpaired) electrons. The molecule has 0 spiro atoms. The van der Waals surface area contributed by atoms with Gasteiger partial charge in [-0.1, -0.05) is 6.07 Å². The van der Waals surface area contributed by atoms with Gasteiger partial charge < -0.3 is 5.84 Å². The van der Waals surface area contributed by atoms with Gasteiger partial charge in [0.2, 0.25) is 5.16 Å². The number of aromatic nitrogens is 4. The summed E-state index contributed by atoms with van der Waals surface area (Å²) in [5, 5.41) is 21.9. The quantitative estimate of drug-likeness (QED) is 0.443. The van der Waals surface area contributed by atoms with E-state index in [1.807, 2.05) is 17.5 Å². The van der Waals surface area contributed by atoms with Gasteiger partial charge in [-0.15, -0.1) is 21.5 Å². The summed E-state index contributed by atoms with van der Waals surface area (Å²) in [5.74, 6) is 6.57. The molecule has 8 nitrogen and oxygen atoms in total. The maximum atomic E-state index is 10.8. The number of nitrogen functional groups attached to an aromatic ring is 1. The Labute approximate surface area is 133 Å². The molecule has 10 heteroatoms. The molecule has 112 valence electrons. The molecule has 22 heavy (non-hydrogen) atoms. The van der Waals surface area contributed by atoms with Crippen molar-refractivity contribution in [2.24, 2.45) is 0 Å². The van der Waals surface area contributed by atoms with Crippen molar-refractivity contribution >= 4 is 28.8 Å². The minimum atomic E-state index is -0.461. The molecule has 0 aliphatic carbocycles. The lowest BCUT2D eigenvalue weighted by Crippen LogP contribution is -2.11. The second-order valence-electron chi connectivity index (χ2n) is 4.27. The Hall–Kier alpha value is -2.46. The number of thiophene rings is 1. The lowest BCUT2D eigenvalue weighted by Gasteiger charge is -2.03. The van der Waals surface area contributed by atoms with Crippen LogP contribution in [0.5, 0.6) is 0 Å². The molecule has 0 amide bonds. The SMILES string of the molecule is Cc1nc(Sc2nnc(-c3cccs3)n2N)ccc1[N+](=O)[O-]. The van der Waals surface area contributed by atoms with E-state index in [0.29, 0.717) is 21.7 Å². The van der Waals surface area contributed by atoms with E-state index < -0.39 is 4.92 Å². The fourth-order valence-corrected chi connectivity index (χ4v) is 3.27. The zero-order valence-corrected chi connectivity index (χ0v) is 13.0. The van der Waals surface area contributed by atoms with Crippen molar-refractivity contribution in [2.75, 3.05) is 5.84 Å². The summed E-state index contributed by atoms with van der Waals surface area (Å²) < 4.78 is 1.38. The fraction of sp³-hybridized carbons (Fsp3) is 0.0833. The van der Waals surface area contributed by atoms with Crippen LogP contribution in [0.4, 0.5) is 5.69 Å². The maximum Gasteiger partial charge on any atom is 0.290 e. The highest BCUT2D eigenvalue weighted by Crippen LogP contribution is 2.29. The molecule has 0 aromatic carbocycles. The van der Waals surface area contributed by atoms with Crippen LogP contribution in [0.2, 0.25) is 0 Å². The van der Waals surface area contributed by atoms with Gasteiger partial charge in [0.1, 0.15) is 10.7 Å². The molecule has 0 unspecified atom stereocenters. The third-order valence-corrected chi connectivity index (χ3v) is 4.59. The summed E-state index contributed by atoms with van der Waals surface area (Å²) in [6.45, 7) is 1.59. The predicted molar refractivity (Wildman–Crippen MR) is 83.2 cm³/mol. The van der Waals surface area contributed by atoms with Crippen molar-refractivity contribution in [3.05, 3.63) is 45.5 Å². The van der Waals surface area contributed by atoms with Crippen LogP contribution in [0.25, 0.3) is 10.7 Å². The highest BCUT2D eigenvalue weighted by Gasteiger charge is 2.16. The van der Waals surface area contributed by atoms with Gasteiger partial charge in [-0.3, -0.25) is 10.1 Å². The van der Waals surface area contributed by atoms with Gasteiger partial charge in [-0.2, -0.15) is 0 Å². The van der Waals surface area contributed by atoms with Gasteiger partial charge in [-0.25, -0.2) is 9.66 Å². The van der Waals surface area contributed by atoms with E-state index in [9.17, 15) is 10.1 Å². The van der Waals surface area contributed by atoms with Gasteiger partial charge in [0.05, 0.1) is 9.80 Å². The van der Waals surface area contributed by atoms with E-state index in [2.05, 4.69) is 15.2 Å². The third kappa shape index (κ3) is 2.65. The zero-order chi connectivity index (χ0) is 15.7. The number of pyridine rings is 1. The van der Waals surface area contributed by atoms with Crippen LogP contribution in [0.15, 0.2) is 39.8 Å². The van der Waals surface area contributed by atoms with Crippen molar-refractivity contribution in [1.82, 2.24) is 19.9 Å². The van der Waals surface area contributed by atoms with Crippen LogP contribution in [0.1, 0.15) is 5.69 Å². The smallest absolute Gasteiger partial charge is 0.290 e. The van der Waals surface area contributed by atoms with E-state index in [1.54, 1.807) is 13.0 Å². The first-order chi connectivity index (χ1) is 10.6. The average molecular weight is 334 g/mol. The first-order valence-electron chi connectivity index (χ1n) is 6.10. The Morgan fingerprint density at radius 1 is 1.36 bits per heavy atom. The largest absolute Gasteiger partial charge is 0.335 e. The Morgan fingerprint density at radius 3 is 2.82 bits per heavy atom. The standard InChI is InChI=1S/C12H10N6O2S2/c1-7-8(18(19)20)4-5-10(14-7)22-12-16-15-11(17(12)13)9-3-2-6-21-9/h2-6H,13H2,1H3. The summed E-state index contributed by atoms with van der Waals surface area (Å²) in [5.41, 5.74) is 0.328. The molecule has 3 rings (SSSR count). The van der Waals surface area contributed by atoms with E-state index >= 15 is 0 Å². The summed E-state index contributed by atoms with van der Waals surface area (Å²) in [7, 11) is 0. The molecule has 0 atom stereocenters. The molecule has 2 N–H and O–H groups in total. The summed E-state index contributed by atoms with van der Waals surface area (Å²) in [6, 6.07) is 6.79. The van der Waals surface area contributed by atoms with Crippen LogP contribution < -0.4 is 5.84 Å². The van der Waals surface area contributed by atoms with Gasteiger partial charge in [0.15, 0.2) is 5.82 Å². The van der Waals surface area contributed by atoms with Gasteiger partial charge in [0, 0.05) is 6.07 Å². The molecule has 3 heterocycles. The van der Waals surface area contributed by atoms with Crippen molar-refractivity contribution in [1.29, 1.82) is 0 Å². The summed E-state index contributed by atoms with van der Waals surface area (Å²) in [6.07, 6.45) is 0. The topological polar surface area (TPSA) is 113 Å². The van der Waals surface area contributed by atoms with E-state index in [-0.39, 0.29) is 5.69 Å². The molecule has 3 aromatic heterocycles. The number of rotatable bonds is 4. The van der Waals surface area contributed by atoms with Crippen LogP contribution >= 0.6 is 23.1 Å². The first-order valence-corrected chi connectivity index (χ1v) is 7.80. The van der Waals surface area contributed by atoms with Gasteiger partial charge >= 0.3 is 0 Å². The van der Waals surface area contributed by atoms with Gasteiger partial charge in [-0.05, 0) is 36.2 Å². The lowest BCUT2D eigenvalue weighted by molar-refractivity contribution is -0.385. The molecule has 0 bridgehead atoms. The highest BCUT2D eigenvalue weighted by molar-refractivity contribution is 7.99. The molecule has 0 aliphatic rings. The molecule has 0 saturated heterocycles. The second-order valence-corrected chi connectivity index (χ2v) is 6.20. The first kappa shape index (κ1) is 14.5. The fourth-order valence-electron chi connectivity index (χ4n) is 1.79. The second kappa shape index (κ2) is 5.73. The van der Waals surface area contributed by atoms with Gasteiger partial charge in [0.25, 0.3) is 5.69 Å². The van der Waals surface area contributed by atoms with Crippen LogP contribution in [-0.4, -0.2) is 24.8 Å². The number of nitrogens with two attached hydrogens (primary N) is 1.